The summed E-state index contributed by atoms with van der Waals surface area (Å²) >= 11 is 9.72. The average molecular weight is 780 g/mol. The Kier molecular flexibility index (Phi) is 12.0. The maximum Gasteiger partial charge on any atom is 2.00 e. The fourth-order valence-corrected chi connectivity index (χ4v) is 5.45. The van der Waals surface area contributed by atoms with Crippen LogP contribution in [0.15, 0.2) is 127 Å². The Hall–Kier alpha value is -3.44. The van der Waals surface area contributed by atoms with Gasteiger partial charge in [-0.15, -0.1) is 34.2 Å². The van der Waals surface area contributed by atoms with Gasteiger partial charge in [-0.2, -0.15) is 0 Å². The van der Waals surface area contributed by atoms with Gasteiger partial charge in [-0.3, -0.25) is 0 Å². The van der Waals surface area contributed by atoms with Gasteiger partial charge in [0.2, 0.25) is 10.3 Å². The molecule has 0 saturated heterocycles. The van der Waals surface area contributed by atoms with Crippen LogP contribution in [0.4, 0.5) is 10.3 Å². The van der Waals surface area contributed by atoms with E-state index in [1.165, 1.54) is 34.8 Å². The molecule has 217 valence electrons. The van der Waals surface area contributed by atoms with Gasteiger partial charge in [0.15, 0.2) is 0 Å². The third kappa shape index (κ3) is 9.27. The number of aliphatic imine (C=N–C) groups is 2. The van der Waals surface area contributed by atoms with Crippen molar-refractivity contribution in [3.8, 4) is 34.0 Å². The molecule has 0 aliphatic heterocycles. The van der Waals surface area contributed by atoms with Crippen LogP contribution in [0.2, 0.25) is 0 Å². The molecular formula is C32H20Br2CuN4O2S2. The summed E-state index contributed by atoms with van der Waals surface area (Å²) in [7, 11) is 0. The molecule has 11 heteroatoms. The van der Waals surface area contributed by atoms with Gasteiger partial charge < -0.3 is 10.2 Å². The summed E-state index contributed by atoms with van der Waals surface area (Å²) in [6, 6.07) is 29.5. The zero-order valence-corrected chi connectivity index (χ0v) is 27.8. The van der Waals surface area contributed by atoms with Gasteiger partial charge in [-0.05, 0) is 35.4 Å². The first-order chi connectivity index (χ1) is 20.4. The van der Waals surface area contributed by atoms with Gasteiger partial charge >= 0.3 is 17.1 Å². The molecule has 2 aromatic heterocycles. The average Bonchev–Trinajstić information content (AvgIpc) is 3.68. The third-order valence-electron chi connectivity index (χ3n) is 5.73. The summed E-state index contributed by atoms with van der Waals surface area (Å²) in [5.41, 5.74) is 4.99. The molecule has 2 heterocycles. The SMILES string of the molecule is [Cu+2].[O-]c1ccccc1/C=N/c1nc(-c2ccc(Br)cc2)cs1.[O-]c1ccccc1/C=N/c1nc(-c2ccc(Br)cc2)cs1. The van der Waals surface area contributed by atoms with Crippen molar-refractivity contribution in [2.75, 3.05) is 0 Å². The van der Waals surface area contributed by atoms with E-state index in [9.17, 15) is 10.2 Å². The molecule has 1 radical (unpaired) electrons. The molecule has 0 atom stereocenters. The quantitative estimate of drug-likeness (QED) is 0.125. The van der Waals surface area contributed by atoms with E-state index in [1.807, 2.05) is 71.4 Å². The van der Waals surface area contributed by atoms with Crippen LogP contribution in [0.1, 0.15) is 11.1 Å². The van der Waals surface area contributed by atoms with Gasteiger partial charge in [0.1, 0.15) is 0 Å². The van der Waals surface area contributed by atoms with Crippen molar-refractivity contribution in [3.63, 3.8) is 0 Å². The van der Waals surface area contributed by atoms with Crippen LogP contribution in [0.3, 0.4) is 0 Å². The molecule has 0 amide bonds. The first-order valence-corrected chi connectivity index (χ1v) is 15.8. The third-order valence-corrected chi connectivity index (χ3v) is 8.28. The monoisotopic (exact) mass is 777 g/mol. The first-order valence-electron chi connectivity index (χ1n) is 12.5. The molecule has 4 aromatic carbocycles. The molecule has 0 fully saturated rings. The van der Waals surface area contributed by atoms with Crippen molar-refractivity contribution in [1.29, 1.82) is 0 Å². The van der Waals surface area contributed by atoms with Crippen LogP contribution in [-0.2, 0) is 17.1 Å². The van der Waals surface area contributed by atoms with Gasteiger partial charge in [0.25, 0.3) is 0 Å². The molecule has 0 N–H and O–H groups in total. The van der Waals surface area contributed by atoms with Crippen molar-refractivity contribution in [1.82, 2.24) is 9.97 Å². The Bertz CT molecular complexity index is 1700. The zero-order valence-electron chi connectivity index (χ0n) is 22.0. The number of hydrogen-bond acceptors (Lipinski definition) is 8. The van der Waals surface area contributed by atoms with Crippen LogP contribution in [0.5, 0.6) is 11.5 Å². The van der Waals surface area contributed by atoms with Crippen LogP contribution >= 0.6 is 54.5 Å². The fraction of sp³-hybridized carbons (Fsp3) is 0. The smallest absolute Gasteiger partial charge is 0.872 e. The Morgan fingerprint density at radius 3 is 1.30 bits per heavy atom. The molecule has 6 aromatic rings. The van der Waals surface area contributed by atoms with Crippen LogP contribution in [-0.4, -0.2) is 22.4 Å². The maximum atomic E-state index is 11.6. The number of hydrogen-bond donors (Lipinski definition) is 0. The molecular weight excluding hydrogens is 760 g/mol. The fourth-order valence-electron chi connectivity index (χ4n) is 3.58. The van der Waals surface area contributed by atoms with Gasteiger partial charge in [-0.25, -0.2) is 20.0 Å². The standard InChI is InChI=1S/2C16H11BrN2OS.Cu/c2*17-13-7-5-11(6-8-13)14-10-21-16(19-14)18-9-12-3-1-2-4-15(12)20;/h2*1-10,20H;/q;;+2/p-2/b2*18-9+;. The van der Waals surface area contributed by atoms with Crippen molar-refractivity contribution >= 4 is 77.2 Å². The molecule has 6 rings (SSSR count). The number of benzene rings is 4. The van der Waals surface area contributed by atoms with E-state index < -0.39 is 0 Å². The molecule has 0 bridgehead atoms. The van der Waals surface area contributed by atoms with Crippen molar-refractivity contribution in [3.05, 3.63) is 128 Å². The second-order valence-electron chi connectivity index (χ2n) is 8.64. The number of para-hydroxylation sites is 2. The van der Waals surface area contributed by atoms with E-state index in [0.29, 0.717) is 21.4 Å². The first kappa shape index (κ1) is 32.5. The predicted octanol–water partition coefficient (Wildman–Crippen LogP) is 8.79. The number of nitrogens with zero attached hydrogens (tertiary/aromatic N) is 4. The van der Waals surface area contributed by atoms with Gasteiger partial charge in [0, 0.05) is 43.3 Å². The van der Waals surface area contributed by atoms with E-state index in [1.54, 1.807) is 36.7 Å². The van der Waals surface area contributed by atoms with Gasteiger partial charge in [-0.1, -0.05) is 105 Å². The second-order valence-corrected chi connectivity index (χ2v) is 12.1. The zero-order chi connectivity index (χ0) is 29.3. The minimum atomic E-state index is -0.0362. The number of rotatable bonds is 6. The normalized spacial score (nSPS) is 10.8. The summed E-state index contributed by atoms with van der Waals surface area (Å²) in [5, 5.41) is 28.4. The maximum absolute atomic E-state index is 11.6. The van der Waals surface area contributed by atoms with Crippen LogP contribution in [0.25, 0.3) is 22.5 Å². The molecule has 0 unspecified atom stereocenters. The molecule has 0 saturated carbocycles. The summed E-state index contributed by atoms with van der Waals surface area (Å²) in [6.07, 6.45) is 3.12. The number of thiazole rings is 2. The summed E-state index contributed by atoms with van der Waals surface area (Å²) in [4.78, 5) is 17.5. The minimum absolute atomic E-state index is 0. The minimum Gasteiger partial charge on any atom is -0.872 e. The Balaban J connectivity index is 0.000000192. The van der Waals surface area contributed by atoms with E-state index in [4.69, 9.17) is 0 Å². The van der Waals surface area contributed by atoms with E-state index >= 15 is 0 Å². The summed E-state index contributed by atoms with van der Waals surface area (Å²) in [6.45, 7) is 0. The largest absolute Gasteiger partial charge is 2.00 e. The van der Waals surface area contributed by atoms with E-state index in [-0.39, 0.29) is 28.6 Å². The molecule has 0 aliphatic carbocycles. The molecule has 43 heavy (non-hydrogen) atoms. The predicted molar refractivity (Wildman–Crippen MR) is 177 cm³/mol. The molecule has 0 aliphatic rings. The Morgan fingerprint density at radius 1 is 0.558 bits per heavy atom. The van der Waals surface area contributed by atoms with Crippen LogP contribution < -0.4 is 10.2 Å². The number of aromatic nitrogens is 2. The van der Waals surface area contributed by atoms with Crippen molar-refractivity contribution < 1.29 is 27.3 Å². The van der Waals surface area contributed by atoms with E-state index in [0.717, 1.165) is 31.5 Å². The summed E-state index contributed by atoms with van der Waals surface area (Å²) < 4.78 is 2.07. The topological polar surface area (TPSA) is 96.6 Å². The van der Waals surface area contributed by atoms with E-state index in [2.05, 4.69) is 51.8 Å². The Morgan fingerprint density at radius 2 is 0.930 bits per heavy atom. The molecule has 6 nitrogen and oxygen atoms in total. The number of halogens is 2. The van der Waals surface area contributed by atoms with Gasteiger partial charge in [0.05, 0.1) is 11.4 Å². The van der Waals surface area contributed by atoms with Crippen molar-refractivity contribution in [2.45, 2.75) is 0 Å². The summed E-state index contributed by atoms with van der Waals surface area (Å²) in [5.74, 6) is -0.0723. The second kappa shape index (κ2) is 15.9. The van der Waals surface area contributed by atoms with Crippen LogP contribution in [0, 0.1) is 0 Å². The molecule has 0 spiro atoms. The Labute approximate surface area is 284 Å². The van der Waals surface area contributed by atoms with Crippen molar-refractivity contribution in [2.24, 2.45) is 9.98 Å².